The molecule has 0 heterocycles. The summed E-state index contributed by atoms with van der Waals surface area (Å²) >= 11 is 0. The van der Waals surface area contributed by atoms with Crippen LogP contribution < -0.4 is 5.73 Å². The Morgan fingerprint density at radius 3 is 2.31 bits per heavy atom. The molecule has 1 aliphatic rings. The van der Waals surface area contributed by atoms with Gasteiger partial charge in [0.2, 0.25) is 0 Å². The van der Waals surface area contributed by atoms with Gasteiger partial charge in [0.25, 0.3) is 0 Å². The molecule has 0 bridgehead atoms. The van der Waals surface area contributed by atoms with Crippen LogP contribution in [0.25, 0.3) is 0 Å². The summed E-state index contributed by atoms with van der Waals surface area (Å²) in [5, 5.41) is 0. The minimum atomic E-state index is 0.576. The second-order valence-electron chi connectivity index (χ2n) is 6.20. The molecule has 2 nitrogen and oxygen atoms in total. The van der Waals surface area contributed by atoms with Crippen LogP contribution in [-0.4, -0.2) is 30.6 Å². The summed E-state index contributed by atoms with van der Waals surface area (Å²) in [6, 6.07) is 1.49. The average molecular weight is 226 g/mol. The van der Waals surface area contributed by atoms with Crippen molar-refractivity contribution in [1.29, 1.82) is 0 Å². The maximum atomic E-state index is 5.69. The van der Waals surface area contributed by atoms with E-state index in [0.717, 1.165) is 19.0 Å². The van der Waals surface area contributed by atoms with Crippen LogP contribution in [0.3, 0.4) is 0 Å². The molecule has 1 fully saturated rings. The fourth-order valence-corrected chi connectivity index (χ4v) is 2.98. The van der Waals surface area contributed by atoms with Crippen LogP contribution in [-0.2, 0) is 0 Å². The van der Waals surface area contributed by atoms with Crippen LogP contribution in [0.15, 0.2) is 0 Å². The molecule has 0 aromatic carbocycles. The highest BCUT2D eigenvalue weighted by molar-refractivity contribution is 4.85. The van der Waals surface area contributed by atoms with Crippen LogP contribution in [0.5, 0.6) is 0 Å². The highest BCUT2D eigenvalue weighted by Crippen LogP contribution is 2.37. The third kappa shape index (κ3) is 3.74. The van der Waals surface area contributed by atoms with Gasteiger partial charge in [-0.2, -0.15) is 0 Å². The molecule has 0 aliphatic heterocycles. The number of hydrogen-bond donors (Lipinski definition) is 1. The van der Waals surface area contributed by atoms with E-state index in [-0.39, 0.29) is 0 Å². The molecule has 0 saturated heterocycles. The average Bonchev–Trinajstić information content (AvgIpc) is 2.25. The second-order valence-corrected chi connectivity index (χ2v) is 6.20. The van der Waals surface area contributed by atoms with Gasteiger partial charge in [-0.15, -0.1) is 0 Å². The van der Waals surface area contributed by atoms with Crippen LogP contribution in [0.1, 0.15) is 59.3 Å². The smallest absolute Gasteiger partial charge is 0.0104 e. The van der Waals surface area contributed by atoms with Gasteiger partial charge in [0.05, 0.1) is 0 Å². The lowest BCUT2D eigenvalue weighted by Crippen LogP contribution is -2.43. The fraction of sp³-hybridized carbons (Fsp3) is 1.00. The van der Waals surface area contributed by atoms with Gasteiger partial charge in [0.15, 0.2) is 0 Å². The molecule has 0 amide bonds. The molecule has 0 radical (unpaired) electrons. The second kappa shape index (κ2) is 6.02. The first-order valence-corrected chi connectivity index (χ1v) is 6.92. The summed E-state index contributed by atoms with van der Waals surface area (Å²) in [5.74, 6) is 0. The number of hydrogen-bond acceptors (Lipinski definition) is 2. The number of nitrogens with zero attached hydrogens (tertiary/aromatic N) is 1. The standard InChI is InChI=1S/C14H30N2/c1-5-12(8-11-15)16(4)13-6-9-14(2,3)10-7-13/h12-13H,5-11,15H2,1-4H3. The van der Waals surface area contributed by atoms with E-state index in [0.29, 0.717) is 11.5 Å². The predicted molar refractivity (Wildman–Crippen MR) is 71.6 cm³/mol. The van der Waals surface area contributed by atoms with Crippen molar-refractivity contribution in [2.24, 2.45) is 11.1 Å². The summed E-state index contributed by atoms with van der Waals surface area (Å²) in [6.07, 6.45) is 7.86. The van der Waals surface area contributed by atoms with Crippen molar-refractivity contribution >= 4 is 0 Å². The highest BCUT2D eigenvalue weighted by Gasteiger charge is 2.30. The first-order valence-electron chi connectivity index (χ1n) is 6.92. The van der Waals surface area contributed by atoms with E-state index in [1.54, 1.807) is 0 Å². The molecule has 1 atom stereocenters. The number of rotatable bonds is 5. The summed E-state index contributed by atoms with van der Waals surface area (Å²) in [7, 11) is 2.30. The third-order valence-corrected chi connectivity index (χ3v) is 4.43. The molecule has 0 aromatic heterocycles. The highest BCUT2D eigenvalue weighted by atomic mass is 15.2. The van der Waals surface area contributed by atoms with Gasteiger partial charge >= 0.3 is 0 Å². The van der Waals surface area contributed by atoms with Gasteiger partial charge in [-0.3, -0.25) is 0 Å². The lowest BCUT2D eigenvalue weighted by atomic mass is 9.75. The maximum Gasteiger partial charge on any atom is 0.0104 e. The van der Waals surface area contributed by atoms with Crippen LogP contribution in [0, 0.1) is 5.41 Å². The quantitative estimate of drug-likeness (QED) is 0.781. The van der Waals surface area contributed by atoms with E-state index in [9.17, 15) is 0 Å². The minimum absolute atomic E-state index is 0.576. The van der Waals surface area contributed by atoms with Gasteiger partial charge in [0, 0.05) is 12.1 Å². The Kier molecular flexibility index (Phi) is 5.26. The Hall–Kier alpha value is -0.0800. The molecule has 1 rings (SSSR count). The Balaban J connectivity index is 2.45. The van der Waals surface area contributed by atoms with Crippen molar-refractivity contribution in [3.8, 4) is 0 Å². The zero-order chi connectivity index (χ0) is 12.2. The lowest BCUT2D eigenvalue weighted by Gasteiger charge is -2.41. The molecule has 2 heteroatoms. The van der Waals surface area contributed by atoms with Gasteiger partial charge in [-0.25, -0.2) is 0 Å². The normalized spacial score (nSPS) is 23.6. The maximum absolute atomic E-state index is 5.69. The van der Waals surface area contributed by atoms with E-state index < -0.39 is 0 Å². The van der Waals surface area contributed by atoms with Gasteiger partial charge < -0.3 is 10.6 Å². The zero-order valence-electron chi connectivity index (χ0n) is 11.6. The van der Waals surface area contributed by atoms with E-state index in [2.05, 4.69) is 32.7 Å². The molecule has 16 heavy (non-hydrogen) atoms. The summed E-state index contributed by atoms with van der Waals surface area (Å²) in [6.45, 7) is 7.91. The molecule has 1 unspecified atom stereocenters. The molecular formula is C14H30N2. The topological polar surface area (TPSA) is 29.3 Å². The largest absolute Gasteiger partial charge is 0.330 e. The van der Waals surface area contributed by atoms with Crippen LogP contribution in [0.2, 0.25) is 0 Å². The Morgan fingerprint density at radius 2 is 1.88 bits per heavy atom. The molecule has 2 N–H and O–H groups in total. The van der Waals surface area contributed by atoms with Crippen LogP contribution in [0.4, 0.5) is 0 Å². The fourth-order valence-electron chi connectivity index (χ4n) is 2.98. The Bertz CT molecular complexity index is 191. The van der Waals surface area contributed by atoms with Crippen molar-refractivity contribution in [1.82, 2.24) is 4.90 Å². The molecule has 1 aliphatic carbocycles. The molecular weight excluding hydrogens is 196 g/mol. The lowest BCUT2D eigenvalue weighted by molar-refractivity contribution is 0.0897. The van der Waals surface area contributed by atoms with Crippen molar-refractivity contribution in [3.05, 3.63) is 0 Å². The summed E-state index contributed by atoms with van der Waals surface area (Å²) in [5.41, 5.74) is 6.27. The Morgan fingerprint density at radius 1 is 1.31 bits per heavy atom. The van der Waals surface area contributed by atoms with Gasteiger partial charge in [-0.1, -0.05) is 20.8 Å². The van der Waals surface area contributed by atoms with E-state index >= 15 is 0 Å². The SMILES string of the molecule is CCC(CCN)N(C)C1CCC(C)(C)CC1. The van der Waals surface area contributed by atoms with Crippen molar-refractivity contribution in [2.45, 2.75) is 71.4 Å². The van der Waals surface area contributed by atoms with Gasteiger partial charge in [-0.05, 0) is 57.5 Å². The number of nitrogens with two attached hydrogens (primary N) is 1. The van der Waals surface area contributed by atoms with Gasteiger partial charge in [0.1, 0.15) is 0 Å². The monoisotopic (exact) mass is 226 g/mol. The van der Waals surface area contributed by atoms with Crippen LogP contribution >= 0.6 is 0 Å². The van der Waals surface area contributed by atoms with Crippen molar-refractivity contribution in [3.63, 3.8) is 0 Å². The van der Waals surface area contributed by atoms with Crippen molar-refractivity contribution < 1.29 is 0 Å². The minimum Gasteiger partial charge on any atom is -0.330 e. The van der Waals surface area contributed by atoms with E-state index in [1.807, 2.05) is 0 Å². The third-order valence-electron chi connectivity index (χ3n) is 4.43. The zero-order valence-corrected chi connectivity index (χ0v) is 11.6. The van der Waals surface area contributed by atoms with E-state index in [1.165, 1.54) is 32.1 Å². The molecule has 1 saturated carbocycles. The van der Waals surface area contributed by atoms with Crippen molar-refractivity contribution in [2.75, 3.05) is 13.6 Å². The summed E-state index contributed by atoms with van der Waals surface area (Å²) in [4.78, 5) is 2.60. The molecule has 0 aromatic rings. The first-order chi connectivity index (χ1) is 7.50. The predicted octanol–water partition coefficient (Wildman–Crippen LogP) is 3.01. The Labute approximate surface area is 102 Å². The molecule has 0 spiro atoms. The summed E-state index contributed by atoms with van der Waals surface area (Å²) < 4.78 is 0. The van der Waals surface area contributed by atoms with E-state index in [4.69, 9.17) is 5.73 Å². The first kappa shape index (κ1) is 14.0. The molecule has 96 valence electrons.